The summed E-state index contributed by atoms with van der Waals surface area (Å²) in [6.45, 7) is 3.44. The van der Waals surface area contributed by atoms with Crippen LogP contribution in [0, 0.1) is 34.5 Å². The summed E-state index contributed by atoms with van der Waals surface area (Å²) in [4.78, 5) is 12.0. The molecular formula is C21H28O4. The summed E-state index contributed by atoms with van der Waals surface area (Å²) < 4.78 is 12.2. The van der Waals surface area contributed by atoms with Gasteiger partial charge in [-0.1, -0.05) is 0 Å². The molecule has 2 heterocycles. The van der Waals surface area contributed by atoms with Crippen molar-refractivity contribution >= 4 is 5.78 Å². The standard InChI is InChI=1S/C21H28O4/c1-19(23)18-3-2-14-13-9-17-16-8-12(22)4-6-20(16,10-24-17)15(13)5-7-21(14,18)11-25-19/h8,13-15,17-18,23H,2-7,9-11H2,1H3/t13-,14-,15-,17?,18+,19?,20-,21+/m0/s1. The van der Waals surface area contributed by atoms with Crippen LogP contribution in [-0.2, 0) is 14.3 Å². The molecule has 4 nitrogen and oxygen atoms in total. The molecule has 2 aliphatic heterocycles. The minimum absolute atomic E-state index is 0.142. The molecule has 4 heteroatoms. The second-order valence-corrected chi connectivity index (χ2v) is 9.88. The van der Waals surface area contributed by atoms with Crippen LogP contribution in [0.25, 0.3) is 0 Å². The first kappa shape index (κ1) is 15.4. The van der Waals surface area contributed by atoms with E-state index < -0.39 is 5.79 Å². The average Bonchev–Trinajstić information content (AvgIpc) is 3.17. The Kier molecular flexibility index (Phi) is 2.81. The number of rotatable bonds is 0. The van der Waals surface area contributed by atoms with Crippen LogP contribution in [0.2, 0.25) is 0 Å². The molecule has 1 N–H and O–H groups in total. The fourth-order valence-electron chi connectivity index (χ4n) is 8.31. The number of ketones is 1. The van der Waals surface area contributed by atoms with E-state index in [4.69, 9.17) is 9.47 Å². The monoisotopic (exact) mass is 344 g/mol. The molecule has 2 bridgehead atoms. The van der Waals surface area contributed by atoms with Gasteiger partial charge in [0.25, 0.3) is 0 Å². The topological polar surface area (TPSA) is 55.8 Å². The predicted octanol–water partition coefficient (Wildman–Crippen LogP) is 2.84. The van der Waals surface area contributed by atoms with E-state index in [1.807, 2.05) is 13.0 Å². The number of hydrogen-bond donors (Lipinski definition) is 1. The zero-order chi connectivity index (χ0) is 17.0. The van der Waals surface area contributed by atoms with Crippen LogP contribution in [0.5, 0.6) is 0 Å². The highest BCUT2D eigenvalue weighted by atomic mass is 16.6. The van der Waals surface area contributed by atoms with Crippen molar-refractivity contribution in [2.75, 3.05) is 13.2 Å². The Balaban J connectivity index is 1.41. The maximum atomic E-state index is 12.0. The van der Waals surface area contributed by atoms with Gasteiger partial charge in [0.05, 0.1) is 19.3 Å². The van der Waals surface area contributed by atoms with Gasteiger partial charge in [0.2, 0.25) is 0 Å². The van der Waals surface area contributed by atoms with Gasteiger partial charge >= 0.3 is 0 Å². The number of hydrogen-bond acceptors (Lipinski definition) is 4. The Hall–Kier alpha value is -0.710. The largest absolute Gasteiger partial charge is 0.373 e. The summed E-state index contributed by atoms with van der Waals surface area (Å²) in [5.41, 5.74) is 1.67. The zero-order valence-corrected chi connectivity index (χ0v) is 15.0. The number of carbonyl (C=O) groups excluding carboxylic acids is 1. The summed E-state index contributed by atoms with van der Waals surface area (Å²) >= 11 is 0. The van der Waals surface area contributed by atoms with Crippen LogP contribution in [0.15, 0.2) is 11.6 Å². The summed E-state index contributed by atoms with van der Waals surface area (Å²) in [5.74, 6) is 1.65. The minimum Gasteiger partial charge on any atom is -0.373 e. The van der Waals surface area contributed by atoms with Crippen molar-refractivity contribution in [3.05, 3.63) is 11.6 Å². The molecule has 4 aliphatic carbocycles. The van der Waals surface area contributed by atoms with Gasteiger partial charge < -0.3 is 14.6 Å². The molecule has 2 saturated heterocycles. The third-order valence-electron chi connectivity index (χ3n) is 9.23. The van der Waals surface area contributed by atoms with Gasteiger partial charge in [0, 0.05) is 23.2 Å². The van der Waals surface area contributed by atoms with Crippen molar-refractivity contribution in [3.8, 4) is 0 Å². The number of fused-ring (bicyclic) bond motifs is 2. The first-order chi connectivity index (χ1) is 12.0. The predicted molar refractivity (Wildman–Crippen MR) is 90.6 cm³/mol. The van der Waals surface area contributed by atoms with E-state index in [-0.39, 0.29) is 16.9 Å². The molecule has 6 aliphatic rings. The molecule has 136 valence electrons. The van der Waals surface area contributed by atoms with Crippen molar-refractivity contribution in [2.24, 2.45) is 34.5 Å². The van der Waals surface area contributed by atoms with Crippen LogP contribution in [0.3, 0.4) is 0 Å². The van der Waals surface area contributed by atoms with Crippen molar-refractivity contribution in [1.82, 2.24) is 0 Å². The summed E-state index contributed by atoms with van der Waals surface area (Å²) in [5, 5.41) is 10.7. The van der Waals surface area contributed by atoms with Gasteiger partial charge in [0.15, 0.2) is 11.6 Å². The smallest absolute Gasteiger partial charge is 0.166 e. The molecule has 0 aromatic heterocycles. The fraction of sp³-hybridized carbons (Fsp3) is 0.857. The summed E-state index contributed by atoms with van der Waals surface area (Å²) in [6, 6.07) is 0. The molecule has 0 aromatic rings. The highest BCUT2D eigenvalue weighted by Gasteiger charge is 2.69. The molecular weight excluding hydrogens is 316 g/mol. The van der Waals surface area contributed by atoms with Gasteiger partial charge in [-0.2, -0.15) is 0 Å². The fourth-order valence-corrected chi connectivity index (χ4v) is 8.31. The SMILES string of the molecule is CC1(O)OC[C@]23CC[C@H]4[C@@H](CC5OC[C@@]46CCC(=O)C=C56)[C@@H]2CC[C@H]13. The van der Waals surface area contributed by atoms with Crippen molar-refractivity contribution in [2.45, 2.75) is 63.8 Å². The number of aliphatic hydroxyl groups is 1. The Bertz CT molecular complexity index is 681. The second kappa shape index (κ2) is 4.58. The Morgan fingerprint density at radius 2 is 2.04 bits per heavy atom. The Morgan fingerprint density at radius 1 is 1.16 bits per heavy atom. The van der Waals surface area contributed by atoms with E-state index >= 15 is 0 Å². The number of carbonyl (C=O) groups is 1. The first-order valence-corrected chi connectivity index (χ1v) is 10.2. The van der Waals surface area contributed by atoms with Gasteiger partial charge in [-0.25, -0.2) is 0 Å². The van der Waals surface area contributed by atoms with E-state index in [1.165, 1.54) is 24.8 Å². The lowest BCUT2D eigenvalue weighted by Crippen LogP contribution is -2.53. The van der Waals surface area contributed by atoms with E-state index in [9.17, 15) is 9.90 Å². The Morgan fingerprint density at radius 3 is 2.92 bits per heavy atom. The highest BCUT2D eigenvalue weighted by molar-refractivity contribution is 5.92. The van der Waals surface area contributed by atoms with Crippen molar-refractivity contribution in [1.29, 1.82) is 0 Å². The number of ether oxygens (including phenoxy) is 2. The lowest BCUT2D eigenvalue weighted by Gasteiger charge is -2.56. The van der Waals surface area contributed by atoms with Gasteiger partial charge in [-0.15, -0.1) is 0 Å². The van der Waals surface area contributed by atoms with Gasteiger partial charge in [-0.3, -0.25) is 4.79 Å². The molecule has 2 unspecified atom stereocenters. The molecule has 25 heavy (non-hydrogen) atoms. The molecule has 3 saturated carbocycles. The molecule has 6 rings (SSSR count). The molecule has 0 radical (unpaired) electrons. The lowest BCUT2D eigenvalue weighted by atomic mass is 9.46. The summed E-state index contributed by atoms with van der Waals surface area (Å²) in [6.07, 6.45) is 9.59. The average molecular weight is 344 g/mol. The molecule has 8 atom stereocenters. The first-order valence-electron chi connectivity index (χ1n) is 10.2. The molecule has 0 amide bonds. The third-order valence-corrected chi connectivity index (χ3v) is 9.23. The molecule has 0 aromatic carbocycles. The van der Waals surface area contributed by atoms with Crippen LogP contribution in [-0.4, -0.2) is 36.0 Å². The van der Waals surface area contributed by atoms with Crippen LogP contribution in [0.4, 0.5) is 0 Å². The van der Waals surface area contributed by atoms with Crippen LogP contribution in [0.1, 0.15) is 51.9 Å². The minimum atomic E-state index is -0.938. The van der Waals surface area contributed by atoms with Gasteiger partial charge in [-0.05, 0) is 74.9 Å². The van der Waals surface area contributed by atoms with Crippen LogP contribution >= 0.6 is 0 Å². The zero-order valence-electron chi connectivity index (χ0n) is 15.0. The van der Waals surface area contributed by atoms with Crippen molar-refractivity contribution in [3.63, 3.8) is 0 Å². The van der Waals surface area contributed by atoms with Crippen molar-refractivity contribution < 1.29 is 19.4 Å². The third kappa shape index (κ3) is 1.68. The van der Waals surface area contributed by atoms with E-state index in [0.29, 0.717) is 35.9 Å². The van der Waals surface area contributed by atoms with E-state index in [0.717, 1.165) is 32.5 Å². The van der Waals surface area contributed by atoms with E-state index in [2.05, 4.69) is 0 Å². The maximum Gasteiger partial charge on any atom is 0.166 e. The Labute approximate surface area is 148 Å². The second-order valence-electron chi connectivity index (χ2n) is 9.88. The lowest BCUT2D eigenvalue weighted by molar-refractivity contribution is -0.180. The van der Waals surface area contributed by atoms with Crippen LogP contribution < -0.4 is 0 Å². The summed E-state index contributed by atoms with van der Waals surface area (Å²) in [7, 11) is 0. The highest BCUT2D eigenvalue weighted by Crippen LogP contribution is 2.71. The molecule has 5 fully saturated rings. The maximum absolute atomic E-state index is 12.0. The quantitative estimate of drug-likeness (QED) is 0.734. The van der Waals surface area contributed by atoms with E-state index in [1.54, 1.807) is 0 Å². The normalized spacial score (nSPS) is 59.0. The molecule has 1 spiro atoms. The van der Waals surface area contributed by atoms with Gasteiger partial charge in [0.1, 0.15) is 0 Å².